The molecule has 0 saturated carbocycles. The summed E-state index contributed by atoms with van der Waals surface area (Å²) in [6, 6.07) is 112. The highest BCUT2D eigenvalue weighted by molar-refractivity contribution is 6.07. The maximum Gasteiger partial charge on any atom is 0.170 e. The van der Waals surface area contributed by atoms with Crippen molar-refractivity contribution in [3.63, 3.8) is 0 Å². The van der Waals surface area contributed by atoms with Gasteiger partial charge < -0.3 is 4.42 Å². The van der Waals surface area contributed by atoms with E-state index in [0.29, 0.717) is 11.6 Å². The van der Waals surface area contributed by atoms with Crippen molar-refractivity contribution in [1.82, 2.24) is 70.7 Å². The van der Waals surface area contributed by atoms with Crippen LogP contribution in [0.5, 0.6) is 0 Å². The van der Waals surface area contributed by atoms with Gasteiger partial charge >= 0.3 is 0 Å². The number of fused-ring (bicyclic) bond motifs is 7. The average molecular weight is 1880 g/mol. The minimum Gasteiger partial charge on any atom is -0.467 e. The lowest BCUT2D eigenvalue weighted by Crippen LogP contribution is -1.97. The maximum atomic E-state index is 5.08. The summed E-state index contributed by atoms with van der Waals surface area (Å²) in [5.74, 6) is 4.73. The molecule has 0 aliphatic heterocycles. The fourth-order valence-corrected chi connectivity index (χ4v) is 13.6. The van der Waals surface area contributed by atoms with Crippen LogP contribution in [0.1, 0.15) is 175 Å². The van der Waals surface area contributed by atoms with Crippen molar-refractivity contribution in [1.29, 1.82) is 0 Å². The molecule has 0 amide bonds. The van der Waals surface area contributed by atoms with Gasteiger partial charge in [-0.25, -0.2) is 15.0 Å². The van der Waals surface area contributed by atoms with Gasteiger partial charge in [0.05, 0.1) is 34.7 Å². The first-order valence-corrected chi connectivity index (χ1v) is 48.5. The summed E-state index contributed by atoms with van der Waals surface area (Å²) in [7, 11) is 0. The monoisotopic (exact) mass is 1880 g/mol. The Morgan fingerprint density at radius 3 is 0.711 bits per heavy atom. The average Bonchev–Trinajstić information content (AvgIpc) is 1.58. The molecule has 15 heteroatoms. The van der Waals surface area contributed by atoms with Crippen LogP contribution in [0, 0.1) is 166 Å². The number of aryl methyl sites for hydroxylation is 24. The van der Waals surface area contributed by atoms with Crippen molar-refractivity contribution in [3.05, 3.63) is 500 Å². The molecule has 13 aromatic carbocycles. The Morgan fingerprint density at radius 2 is 0.437 bits per heavy atom. The number of hydrogen-bond donors (Lipinski definition) is 0. The summed E-state index contributed by atoms with van der Waals surface area (Å²) < 4.78 is 5.08. The van der Waals surface area contributed by atoms with Gasteiger partial charge in [0.2, 0.25) is 0 Å². The Bertz CT molecular complexity index is 6140. The number of aromatic nitrogens is 14. The highest BCUT2D eigenvalue weighted by atomic mass is 16.3. The largest absolute Gasteiger partial charge is 0.467 e. The second-order valence-corrected chi connectivity index (χ2v) is 34.8. The van der Waals surface area contributed by atoms with Crippen molar-refractivity contribution in [3.8, 4) is 44.5 Å². The molecular formula is C127H144N14O. The van der Waals surface area contributed by atoms with Gasteiger partial charge in [-0.1, -0.05) is 368 Å². The van der Waals surface area contributed by atoms with Crippen molar-refractivity contribution in [2.24, 2.45) is 0 Å². The van der Waals surface area contributed by atoms with E-state index in [1.54, 1.807) is 32.4 Å². The molecule has 0 atom stereocenters. The Balaban J connectivity index is 0.000000211. The Kier molecular flexibility index (Phi) is 48.5. The number of hydrogen-bond acceptors (Lipinski definition) is 15. The van der Waals surface area contributed by atoms with Crippen LogP contribution in [0.3, 0.4) is 0 Å². The molecule has 142 heavy (non-hydrogen) atoms. The predicted molar refractivity (Wildman–Crippen MR) is 599 cm³/mol. The minimum atomic E-state index is 0.607. The summed E-state index contributed by atoms with van der Waals surface area (Å²) in [4.78, 5) is 24.0. The van der Waals surface area contributed by atoms with Crippen LogP contribution >= 0.6 is 0 Å². The lowest BCUT2D eigenvalue weighted by Gasteiger charge is -2.06. The predicted octanol–water partition coefficient (Wildman–Crippen LogP) is 32.5. The van der Waals surface area contributed by atoms with Crippen LogP contribution in [-0.4, -0.2) is 70.7 Å². The lowest BCUT2D eigenvalue weighted by molar-refractivity contribution is 0.504. The van der Waals surface area contributed by atoms with E-state index in [-0.39, 0.29) is 0 Å². The second kappa shape index (κ2) is 60.9. The van der Waals surface area contributed by atoms with Crippen LogP contribution in [0.25, 0.3) is 76.8 Å². The highest BCUT2D eigenvalue weighted by Gasteiger charge is 2.18. The van der Waals surface area contributed by atoms with Crippen molar-refractivity contribution >= 4 is 32.3 Å². The van der Waals surface area contributed by atoms with Crippen LogP contribution < -0.4 is 0 Å². The van der Waals surface area contributed by atoms with Gasteiger partial charge in [-0.15, -0.1) is 25.5 Å². The van der Waals surface area contributed by atoms with E-state index in [0.717, 1.165) is 69.3 Å². The molecule has 0 fully saturated rings. The van der Waals surface area contributed by atoms with Crippen molar-refractivity contribution < 1.29 is 4.42 Å². The molecule has 7 heterocycles. The third-order valence-corrected chi connectivity index (χ3v) is 21.5. The molecule has 0 bridgehead atoms. The van der Waals surface area contributed by atoms with Crippen molar-refractivity contribution in [2.45, 2.75) is 200 Å². The molecule has 1 aliphatic rings. The molecule has 0 spiro atoms. The summed E-state index contributed by atoms with van der Waals surface area (Å²) in [5, 5.41) is 37.7. The smallest absolute Gasteiger partial charge is 0.170 e. The first kappa shape index (κ1) is 113. The zero-order chi connectivity index (χ0) is 103. The van der Waals surface area contributed by atoms with E-state index >= 15 is 0 Å². The van der Waals surface area contributed by atoms with E-state index in [9.17, 15) is 0 Å². The van der Waals surface area contributed by atoms with Crippen LogP contribution in [0.4, 0.5) is 0 Å². The van der Waals surface area contributed by atoms with Crippen molar-refractivity contribution in [2.75, 3.05) is 0 Å². The zero-order valence-corrected chi connectivity index (χ0v) is 88.9. The van der Waals surface area contributed by atoms with E-state index in [2.05, 4.69) is 425 Å². The van der Waals surface area contributed by atoms with E-state index in [1.807, 2.05) is 160 Å². The molecule has 728 valence electrons. The Morgan fingerprint density at radius 1 is 0.176 bits per heavy atom. The van der Waals surface area contributed by atoms with Crippen LogP contribution in [0.2, 0.25) is 0 Å². The molecule has 0 radical (unpaired) electrons. The fourth-order valence-electron chi connectivity index (χ4n) is 13.6. The SMILES string of the molecule is CC.CC.Cc1ccc(-c2ccc(-c3ccc(C)cc3)cc2)cc1.Cc1ccc(-c2ccc(C)cc2)cc1.Cc1ccc(C)cc1.Cc1ccc(C)nc1.Cc1ccc(C)nn1.Cc1ccc(C)o1.Cc1ccc2c(c1)Cc1cc(C)ccc1-2.Cc1ccc2c(ccc3cc(C)ccc32)c1.Cc1cnc(C)cn1.Cc1cnc(C)nc1.Cc1cnc(C)nn1.Cc1nnc(C)nn1.c1ccc2ccccc2c1. The van der Waals surface area contributed by atoms with Gasteiger partial charge in [0.25, 0.3) is 0 Å². The molecule has 21 rings (SSSR count). The summed E-state index contributed by atoms with van der Waals surface area (Å²) in [6.07, 6.45) is 11.8. The van der Waals surface area contributed by atoms with Gasteiger partial charge in [0.1, 0.15) is 23.2 Å². The van der Waals surface area contributed by atoms with Gasteiger partial charge in [-0.2, -0.15) is 15.3 Å². The number of rotatable bonds is 3. The Labute approximate surface area is 846 Å². The number of benzene rings is 13. The topological polar surface area (TPSA) is 194 Å². The molecular weight excluding hydrogens is 1740 g/mol. The molecule has 0 unspecified atom stereocenters. The summed E-state index contributed by atoms with van der Waals surface area (Å²) >= 11 is 0. The third kappa shape index (κ3) is 41.9. The fraction of sp³-hybridized carbons (Fsp3) is 0.228. The van der Waals surface area contributed by atoms with Crippen LogP contribution in [-0.2, 0) is 6.42 Å². The molecule has 20 aromatic rings. The minimum absolute atomic E-state index is 0.607. The number of pyridine rings is 1. The van der Waals surface area contributed by atoms with E-state index in [1.165, 1.54) is 149 Å². The van der Waals surface area contributed by atoms with E-state index in [4.69, 9.17) is 4.42 Å². The van der Waals surface area contributed by atoms with Gasteiger partial charge in [-0.3, -0.25) is 15.0 Å². The lowest BCUT2D eigenvalue weighted by atomic mass is 9.99. The normalized spacial score (nSPS) is 9.94. The number of nitrogens with zero attached hydrogens (tertiary/aromatic N) is 14. The first-order valence-electron chi connectivity index (χ1n) is 48.5. The van der Waals surface area contributed by atoms with E-state index < -0.39 is 0 Å². The molecule has 15 nitrogen and oxygen atoms in total. The summed E-state index contributed by atoms with van der Waals surface area (Å²) in [5.41, 5.74) is 34.8. The molecule has 1 aliphatic carbocycles. The number of furan rings is 1. The van der Waals surface area contributed by atoms with Crippen LogP contribution in [0.15, 0.2) is 357 Å². The van der Waals surface area contributed by atoms with Gasteiger partial charge in [0.15, 0.2) is 11.6 Å². The molecule has 0 saturated heterocycles. The molecule has 0 N–H and O–H groups in total. The molecule has 7 aromatic heterocycles. The zero-order valence-electron chi connectivity index (χ0n) is 88.9. The third-order valence-electron chi connectivity index (χ3n) is 21.5. The summed E-state index contributed by atoms with van der Waals surface area (Å²) in [6.45, 7) is 55.8. The quantitative estimate of drug-likeness (QED) is 0.152. The maximum absolute atomic E-state index is 5.08. The van der Waals surface area contributed by atoms with Gasteiger partial charge in [0, 0.05) is 36.7 Å². The first-order chi connectivity index (χ1) is 68.2. The Hall–Kier alpha value is -15.7. The highest BCUT2D eigenvalue weighted by Crippen LogP contribution is 2.38. The second-order valence-electron chi connectivity index (χ2n) is 34.8. The van der Waals surface area contributed by atoms with Gasteiger partial charge in [-0.05, 0) is 302 Å². The standard InChI is InChI=1S/C20H18.C16H14.C15H14.C14H14.C10H8.C8H10.C7H9N.3C6H8N2.C6H8O.C5H7N3.C4H6N4.2C2H6/c1-15-3-7-17(8-4-15)19-11-13-20(14-12-19)18-9-5-16(2)6-10-18;1-11-3-7-15-13(9-11)5-6-14-10-12(2)4-8-16(14)15;1-10-3-5-14-12(7-10)9-13-8-11(2)4-6-15(13)14;1-11-3-7-13(8-4-11)14-9-5-12(2)6-10-14;1-2-6-10-8-4-3-7-9(10)5-1;1-7-3-5-8(2)6-4-7;1-6-3-4-7(2)8-5-6;1-5-3-8-6(2)4-7-5;1-5-3-7-6(2)8-4-5;1-5-3-4-6(2)8-7-5;1-5-3-4-6(2)7-5;1-4-3-6-5(2)8-7-4;1-3-5-7-4(2)8-6-3;2*1-2/h3-14H,1-2H3;3-10H,1-2H3;3-8H,9H2,1-2H3;3-10H,1-2H3;1-8H;3-6H,1-2H3;3-5H,1-2H3;3*3-4H,1-2H3;3-4H,1-2H3;3H,1-2H3;1-2H3;2*1-2H3.